The minimum atomic E-state index is 0.567. The Morgan fingerprint density at radius 3 is 2.35 bits per heavy atom. The lowest BCUT2D eigenvalue weighted by atomic mass is 9.86. The zero-order valence-corrected chi connectivity index (χ0v) is 14.2. The van der Waals surface area contributed by atoms with Crippen LogP contribution >= 0.6 is 11.6 Å². The maximum Gasteiger partial charge on any atom is 0.0408 e. The van der Waals surface area contributed by atoms with E-state index in [4.69, 9.17) is 11.6 Å². The van der Waals surface area contributed by atoms with Gasteiger partial charge in [0.2, 0.25) is 0 Å². The molecule has 1 aromatic carbocycles. The predicted molar refractivity (Wildman–Crippen MR) is 90.6 cm³/mol. The van der Waals surface area contributed by atoms with Gasteiger partial charge in [-0.3, -0.25) is 0 Å². The van der Waals surface area contributed by atoms with E-state index in [1.54, 1.807) is 0 Å². The lowest BCUT2D eigenvalue weighted by Crippen LogP contribution is -2.26. The van der Waals surface area contributed by atoms with E-state index in [-0.39, 0.29) is 0 Å². The summed E-state index contributed by atoms with van der Waals surface area (Å²) in [6.07, 6.45) is 3.77. The molecule has 0 bridgehead atoms. The van der Waals surface area contributed by atoms with Crippen molar-refractivity contribution in [2.45, 2.75) is 52.9 Å². The van der Waals surface area contributed by atoms with Gasteiger partial charge in [-0.2, -0.15) is 0 Å². The van der Waals surface area contributed by atoms with E-state index in [1.807, 2.05) is 6.07 Å². The van der Waals surface area contributed by atoms with Gasteiger partial charge in [-0.1, -0.05) is 64.3 Å². The second kappa shape index (κ2) is 9.41. The Hall–Kier alpha value is -0.530. The molecule has 1 unspecified atom stereocenters. The van der Waals surface area contributed by atoms with Crippen LogP contribution in [0.2, 0.25) is 5.02 Å². The monoisotopic (exact) mass is 295 g/mol. The van der Waals surface area contributed by atoms with Crippen molar-refractivity contribution in [1.82, 2.24) is 5.32 Å². The van der Waals surface area contributed by atoms with Crippen molar-refractivity contribution in [3.05, 3.63) is 34.9 Å². The highest BCUT2D eigenvalue weighted by Crippen LogP contribution is 2.28. The summed E-state index contributed by atoms with van der Waals surface area (Å²) < 4.78 is 0. The molecule has 1 aromatic rings. The molecule has 0 aromatic heterocycles. The smallest absolute Gasteiger partial charge is 0.0408 e. The van der Waals surface area contributed by atoms with E-state index in [0.717, 1.165) is 24.0 Å². The number of rotatable bonds is 9. The first-order chi connectivity index (χ1) is 9.56. The van der Waals surface area contributed by atoms with Gasteiger partial charge >= 0.3 is 0 Å². The Morgan fingerprint density at radius 2 is 1.80 bits per heavy atom. The zero-order chi connectivity index (χ0) is 15.0. The summed E-state index contributed by atoms with van der Waals surface area (Å²) in [5.41, 5.74) is 1.38. The molecule has 0 radical (unpaired) electrons. The summed E-state index contributed by atoms with van der Waals surface area (Å²) >= 11 is 6.16. The van der Waals surface area contributed by atoms with Gasteiger partial charge in [0, 0.05) is 11.6 Å². The number of hydrogen-bond donors (Lipinski definition) is 1. The fourth-order valence-corrected chi connectivity index (χ4v) is 2.87. The van der Waals surface area contributed by atoms with Crippen molar-refractivity contribution in [1.29, 1.82) is 0 Å². The number of hydrogen-bond acceptors (Lipinski definition) is 1. The Labute approximate surface area is 130 Å². The Morgan fingerprint density at radius 1 is 1.10 bits per heavy atom. The van der Waals surface area contributed by atoms with Crippen molar-refractivity contribution >= 4 is 11.6 Å². The van der Waals surface area contributed by atoms with Crippen LogP contribution < -0.4 is 5.32 Å². The Bertz CT molecular complexity index is 371. The SMILES string of the molecule is CCC(CC)CC(CNCC(C)C)c1cccc(Cl)c1. The van der Waals surface area contributed by atoms with Gasteiger partial charge in [-0.05, 0) is 48.4 Å². The number of benzene rings is 1. The Kier molecular flexibility index (Phi) is 8.25. The third-order valence-electron chi connectivity index (χ3n) is 4.04. The van der Waals surface area contributed by atoms with Crippen molar-refractivity contribution in [3.63, 3.8) is 0 Å². The van der Waals surface area contributed by atoms with E-state index in [2.05, 4.69) is 51.2 Å². The predicted octanol–water partition coefficient (Wildman–Crippen LogP) is 5.50. The van der Waals surface area contributed by atoms with Crippen LogP contribution in [0.25, 0.3) is 0 Å². The first-order valence-electron chi connectivity index (χ1n) is 8.02. The fourth-order valence-electron chi connectivity index (χ4n) is 2.67. The minimum absolute atomic E-state index is 0.567. The maximum atomic E-state index is 6.16. The molecule has 1 rings (SSSR count). The molecular formula is C18H30ClN. The largest absolute Gasteiger partial charge is 0.316 e. The van der Waals surface area contributed by atoms with Crippen LogP contribution in [0.1, 0.15) is 58.4 Å². The normalized spacial score (nSPS) is 13.2. The molecule has 0 saturated carbocycles. The number of halogens is 1. The van der Waals surface area contributed by atoms with Gasteiger partial charge < -0.3 is 5.32 Å². The molecule has 0 aliphatic heterocycles. The standard InChI is InChI=1S/C18H30ClN/c1-5-15(6-2)10-17(13-20-12-14(3)4)16-8-7-9-18(19)11-16/h7-9,11,14-15,17,20H,5-6,10,12-13H2,1-4H3. The first kappa shape index (κ1) is 17.5. The molecule has 0 heterocycles. The van der Waals surface area contributed by atoms with E-state index < -0.39 is 0 Å². The topological polar surface area (TPSA) is 12.0 Å². The van der Waals surface area contributed by atoms with Gasteiger partial charge in [0.1, 0.15) is 0 Å². The summed E-state index contributed by atoms with van der Waals surface area (Å²) in [6, 6.07) is 8.38. The van der Waals surface area contributed by atoms with Gasteiger partial charge in [0.05, 0.1) is 0 Å². The highest BCUT2D eigenvalue weighted by atomic mass is 35.5. The summed E-state index contributed by atoms with van der Waals surface area (Å²) in [5, 5.41) is 4.46. The highest BCUT2D eigenvalue weighted by molar-refractivity contribution is 6.30. The lowest BCUT2D eigenvalue weighted by Gasteiger charge is -2.23. The quantitative estimate of drug-likeness (QED) is 0.634. The average Bonchev–Trinajstić information content (AvgIpc) is 2.42. The third-order valence-corrected chi connectivity index (χ3v) is 4.27. The van der Waals surface area contributed by atoms with Crippen LogP contribution in [0.15, 0.2) is 24.3 Å². The van der Waals surface area contributed by atoms with Crippen LogP contribution in [0.3, 0.4) is 0 Å². The molecule has 0 amide bonds. The van der Waals surface area contributed by atoms with Gasteiger partial charge in [-0.25, -0.2) is 0 Å². The molecule has 0 aliphatic carbocycles. The van der Waals surface area contributed by atoms with E-state index in [0.29, 0.717) is 11.8 Å². The van der Waals surface area contributed by atoms with Crippen molar-refractivity contribution in [2.24, 2.45) is 11.8 Å². The van der Waals surface area contributed by atoms with Crippen LogP contribution in [-0.2, 0) is 0 Å². The zero-order valence-electron chi connectivity index (χ0n) is 13.5. The summed E-state index contributed by atoms with van der Waals surface area (Å²) in [6.45, 7) is 11.2. The van der Waals surface area contributed by atoms with Crippen LogP contribution in [0.4, 0.5) is 0 Å². The molecule has 0 saturated heterocycles. The summed E-state index contributed by atoms with van der Waals surface area (Å²) in [7, 11) is 0. The van der Waals surface area contributed by atoms with E-state index in [1.165, 1.54) is 24.8 Å². The minimum Gasteiger partial charge on any atom is -0.316 e. The second-order valence-corrected chi connectivity index (χ2v) is 6.66. The lowest BCUT2D eigenvalue weighted by molar-refractivity contribution is 0.392. The average molecular weight is 296 g/mol. The molecule has 1 nitrogen and oxygen atoms in total. The molecule has 2 heteroatoms. The van der Waals surface area contributed by atoms with Crippen LogP contribution in [0, 0.1) is 11.8 Å². The molecule has 1 N–H and O–H groups in total. The van der Waals surface area contributed by atoms with Crippen molar-refractivity contribution < 1.29 is 0 Å². The maximum absolute atomic E-state index is 6.16. The highest BCUT2D eigenvalue weighted by Gasteiger charge is 2.16. The molecule has 0 spiro atoms. The second-order valence-electron chi connectivity index (χ2n) is 6.22. The molecular weight excluding hydrogens is 266 g/mol. The third kappa shape index (κ3) is 6.28. The molecule has 1 atom stereocenters. The molecule has 0 aliphatic rings. The van der Waals surface area contributed by atoms with Crippen molar-refractivity contribution in [3.8, 4) is 0 Å². The summed E-state index contributed by atoms with van der Waals surface area (Å²) in [5.74, 6) is 2.07. The fraction of sp³-hybridized carbons (Fsp3) is 0.667. The molecule has 20 heavy (non-hydrogen) atoms. The number of nitrogens with one attached hydrogen (secondary N) is 1. The van der Waals surface area contributed by atoms with Gasteiger partial charge in [0.15, 0.2) is 0 Å². The van der Waals surface area contributed by atoms with Crippen LogP contribution in [0.5, 0.6) is 0 Å². The first-order valence-corrected chi connectivity index (χ1v) is 8.40. The Balaban J connectivity index is 2.72. The molecule has 114 valence electrons. The van der Waals surface area contributed by atoms with Crippen LogP contribution in [-0.4, -0.2) is 13.1 Å². The van der Waals surface area contributed by atoms with Crippen molar-refractivity contribution in [2.75, 3.05) is 13.1 Å². The van der Waals surface area contributed by atoms with Gasteiger partial charge in [-0.15, -0.1) is 0 Å². The van der Waals surface area contributed by atoms with E-state index >= 15 is 0 Å². The molecule has 0 fully saturated rings. The van der Waals surface area contributed by atoms with Gasteiger partial charge in [0.25, 0.3) is 0 Å². The van der Waals surface area contributed by atoms with E-state index in [9.17, 15) is 0 Å². The summed E-state index contributed by atoms with van der Waals surface area (Å²) in [4.78, 5) is 0.